The Morgan fingerprint density at radius 2 is 1.00 bits per heavy atom. The molecule has 2 heterocycles. The van der Waals surface area contributed by atoms with Gasteiger partial charge in [0.05, 0.1) is 0 Å². The van der Waals surface area contributed by atoms with Crippen LogP contribution in [0.4, 0.5) is 0 Å². The summed E-state index contributed by atoms with van der Waals surface area (Å²) >= 11 is 0. The third kappa shape index (κ3) is 6.08. The van der Waals surface area contributed by atoms with Gasteiger partial charge < -0.3 is 20.1 Å². The van der Waals surface area contributed by atoms with E-state index in [0.29, 0.717) is 5.75 Å². The van der Waals surface area contributed by atoms with E-state index in [0.717, 1.165) is 36.8 Å². The third-order valence-electron chi connectivity index (χ3n) is 5.46. The molecular formula is C24H32O4. The maximum Gasteiger partial charge on any atom is 0.210 e. The molecule has 0 unspecified atom stereocenters. The zero-order valence-corrected chi connectivity index (χ0v) is 16.6. The smallest absolute Gasteiger partial charge is 0.210 e. The number of aromatic hydroxyl groups is 3. The van der Waals surface area contributed by atoms with E-state index in [4.69, 9.17) is 4.74 Å². The van der Waals surface area contributed by atoms with Gasteiger partial charge in [-0.05, 0) is 61.1 Å². The van der Waals surface area contributed by atoms with Gasteiger partial charge in [-0.2, -0.15) is 0 Å². The molecule has 0 saturated heterocycles. The first-order valence-corrected chi connectivity index (χ1v) is 10.7. The zero-order valence-electron chi connectivity index (χ0n) is 16.6. The highest BCUT2D eigenvalue weighted by molar-refractivity contribution is 5.54. The summed E-state index contributed by atoms with van der Waals surface area (Å²) in [7, 11) is 0. The lowest BCUT2D eigenvalue weighted by atomic mass is 10.0. The van der Waals surface area contributed by atoms with Crippen molar-refractivity contribution in [2.45, 2.75) is 77.0 Å². The van der Waals surface area contributed by atoms with Gasteiger partial charge in [0.1, 0.15) is 11.5 Å². The molecule has 2 aromatic carbocycles. The van der Waals surface area contributed by atoms with Crippen LogP contribution in [0, 0.1) is 0 Å². The fraction of sp³-hybridized carbons (Fsp3) is 0.500. The molecule has 0 amide bonds. The number of phenols is 3. The number of ether oxygens (including phenoxy) is 1. The van der Waals surface area contributed by atoms with Crippen LogP contribution in [0.5, 0.6) is 28.7 Å². The lowest BCUT2D eigenvalue weighted by Crippen LogP contribution is -1.93. The average molecular weight is 385 g/mol. The molecule has 4 bridgehead atoms. The van der Waals surface area contributed by atoms with E-state index in [2.05, 4.69) is 0 Å². The Hall–Kier alpha value is -2.36. The Labute approximate surface area is 167 Å². The standard InChI is InChI=1S/C24H32O4/c25-20-13-18-11-9-7-5-3-1-2-4-6-8-10-12-19-15-22(26)24(23(27)16-19)28-21(14-18)17-20/h13-17,25-27H,1-12H2. The van der Waals surface area contributed by atoms with Crippen LogP contribution >= 0.6 is 0 Å². The van der Waals surface area contributed by atoms with Crippen LogP contribution in [-0.2, 0) is 12.8 Å². The van der Waals surface area contributed by atoms with Crippen molar-refractivity contribution in [2.75, 3.05) is 0 Å². The predicted molar refractivity (Wildman–Crippen MR) is 112 cm³/mol. The van der Waals surface area contributed by atoms with Crippen LogP contribution in [0.25, 0.3) is 0 Å². The molecule has 152 valence electrons. The maximum absolute atomic E-state index is 10.3. The molecule has 4 heteroatoms. The average Bonchev–Trinajstić information content (AvgIpc) is 2.64. The van der Waals surface area contributed by atoms with E-state index in [9.17, 15) is 15.3 Å². The van der Waals surface area contributed by atoms with E-state index in [-0.39, 0.29) is 23.0 Å². The largest absolute Gasteiger partial charge is 0.508 e. The van der Waals surface area contributed by atoms with E-state index in [1.165, 1.54) is 57.4 Å². The van der Waals surface area contributed by atoms with Crippen molar-refractivity contribution < 1.29 is 20.1 Å². The predicted octanol–water partition coefficient (Wildman–Crippen LogP) is 6.60. The third-order valence-corrected chi connectivity index (χ3v) is 5.46. The highest BCUT2D eigenvalue weighted by Gasteiger charge is 2.14. The summed E-state index contributed by atoms with van der Waals surface area (Å²) in [6.07, 6.45) is 13.9. The number of phenolic OH excluding ortho intramolecular Hbond substituents is 3. The Morgan fingerprint density at radius 3 is 1.54 bits per heavy atom. The van der Waals surface area contributed by atoms with Gasteiger partial charge in [0, 0.05) is 6.07 Å². The van der Waals surface area contributed by atoms with Gasteiger partial charge in [-0.1, -0.05) is 51.4 Å². The first-order chi connectivity index (χ1) is 13.6. The molecule has 0 radical (unpaired) electrons. The second-order valence-electron chi connectivity index (χ2n) is 7.94. The number of aryl methyl sites for hydroxylation is 2. The maximum atomic E-state index is 10.3. The molecule has 0 spiro atoms. The summed E-state index contributed by atoms with van der Waals surface area (Å²) in [6, 6.07) is 8.45. The molecule has 0 fully saturated rings. The molecule has 0 saturated carbocycles. The van der Waals surface area contributed by atoms with Crippen molar-refractivity contribution >= 4 is 0 Å². The van der Waals surface area contributed by atoms with Crippen molar-refractivity contribution in [3.63, 3.8) is 0 Å². The Kier molecular flexibility index (Phi) is 7.46. The molecule has 2 aliphatic rings. The van der Waals surface area contributed by atoms with Crippen LogP contribution in [-0.4, -0.2) is 15.3 Å². The summed E-state index contributed by atoms with van der Waals surface area (Å²) in [5.41, 5.74) is 1.91. The Balaban J connectivity index is 1.79. The van der Waals surface area contributed by atoms with Crippen molar-refractivity contribution in [3.8, 4) is 28.7 Å². The van der Waals surface area contributed by atoms with Crippen LogP contribution in [0.3, 0.4) is 0 Å². The molecule has 28 heavy (non-hydrogen) atoms. The minimum Gasteiger partial charge on any atom is -0.508 e. The minimum absolute atomic E-state index is 0.0368. The number of rotatable bonds is 0. The van der Waals surface area contributed by atoms with Gasteiger partial charge in [0.25, 0.3) is 0 Å². The lowest BCUT2D eigenvalue weighted by molar-refractivity contribution is 0.373. The van der Waals surface area contributed by atoms with Gasteiger partial charge >= 0.3 is 0 Å². The van der Waals surface area contributed by atoms with Crippen molar-refractivity contribution in [1.82, 2.24) is 0 Å². The number of benzene rings is 2. The quantitative estimate of drug-likeness (QED) is 0.479. The molecular weight excluding hydrogens is 352 g/mol. The molecule has 3 N–H and O–H groups in total. The monoisotopic (exact) mass is 384 g/mol. The first kappa shape index (κ1) is 20.4. The molecule has 2 aromatic rings. The van der Waals surface area contributed by atoms with Crippen molar-refractivity contribution in [3.05, 3.63) is 41.5 Å². The first-order valence-electron chi connectivity index (χ1n) is 10.7. The molecule has 4 rings (SSSR count). The summed E-state index contributed by atoms with van der Waals surface area (Å²) < 4.78 is 5.74. The van der Waals surface area contributed by atoms with Crippen LogP contribution < -0.4 is 4.74 Å². The highest BCUT2D eigenvalue weighted by atomic mass is 16.5. The van der Waals surface area contributed by atoms with Crippen LogP contribution in [0.2, 0.25) is 0 Å². The summed E-state index contributed by atoms with van der Waals surface area (Å²) in [5.74, 6) is 0.436. The molecule has 0 aliphatic carbocycles. The second-order valence-corrected chi connectivity index (χ2v) is 7.94. The number of fused-ring (bicyclic) bond motifs is 13. The van der Waals surface area contributed by atoms with E-state index in [1.807, 2.05) is 6.07 Å². The van der Waals surface area contributed by atoms with Gasteiger partial charge in [-0.15, -0.1) is 0 Å². The van der Waals surface area contributed by atoms with Gasteiger partial charge in [0.15, 0.2) is 11.5 Å². The lowest BCUT2D eigenvalue weighted by Gasteiger charge is -2.13. The van der Waals surface area contributed by atoms with Crippen LogP contribution in [0.15, 0.2) is 30.3 Å². The Bertz CT molecular complexity index is 746. The molecule has 0 aromatic heterocycles. The van der Waals surface area contributed by atoms with E-state index in [1.54, 1.807) is 18.2 Å². The normalized spacial score (nSPS) is 17.0. The summed E-state index contributed by atoms with van der Waals surface area (Å²) in [6.45, 7) is 0. The molecule has 2 aliphatic heterocycles. The van der Waals surface area contributed by atoms with Gasteiger partial charge in [-0.25, -0.2) is 0 Å². The fourth-order valence-corrected chi connectivity index (χ4v) is 3.94. The van der Waals surface area contributed by atoms with E-state index < -0.39 is 0 Å². The van der Waals surface area contributed by atoms with Gasteiger partial charge in [-0.3, -0.25) is 0 Å². The highest BCUT2D eigenvalue weighted by Crippen LogP contribution is 2.41. The topological polar surface area (TPSA) is 69.9 Å². The van der Waals surface area contributed by atoms with Crippen molar-refractivity contribution in [1.29, 1.82) is 0 Å². The number of hydrogen-bond donors (Lipinski definition) is 3. The second kappa shape index (κ2) is 10.3. The molecule has 0 atom stereocenters. The zero-order chi connectivity index (χ0) is 19.8. The fourth-order valence-electron chi connectivity index (χ4n) is 3.94. The number of hydrogen-bond acceptors (Lipinski definition) is 4. The van der Waals surface area contributed by atoms with Gasteiger partial charge in [0.2, 0.25) is 5.75 Å². The molecule has 4 nitrogen and oxygen atoms in total. The van der Waals surface area contributed by atoms with E-state index >= 15 is 0 Å². The van der Waals surface area contributed by atoms with Crippen molar-refractivity contribution in [2.24, 2.45) is 0 Å². The minimum atomic E-state index is -0.0747. The SMILES string of the molecule is Oc1cc2cc(c1)Oc1c(O)cc(cc1O)CCCCCCCCCCCC2. The Morgan fingerprint density at radius 1 is 0.536 bits per heavy atom. The summed E-state index contributed by atoms with van der Waals surface area (Å²) in [4.78, 5) is 0. The summed E-state index contributed by atoms with van der Waals surface area (Å²) in [5, 5.41) is 30.7. The van der Waals surface area contributed by atoms with Crippen LogP contribution in [0.1, 0.15) is 75.3 Å².